The molecule has 0 aliphatic heterocycles. The van der Waals surface area contributed by atoms with Crippen LogP contribution in [0.1, 0.15) is 15.9 Å². The zero-order valence-electron chi connectivity index (χ0n) is 10.3. The topological polar surface area (TPSA) is 106 Å². The Bertz CT molecular complexity index is 673. The van der Waals surface area contributed by atoms with E-state index in [-0.39, 0.29) is 16.3 Å². The molecule has 0 saturated carbocycles. The summed E-state index contributed by atoms with van der Waals surface area (Å²) in [6.07, 6.45) is 2.73. The second kappa shape index (κ2) is 5.66. The number of carboxylic acid groups (broad SMARTS) is 1. The number of hydrogen-bond acceptors (Lipinski definition) is 6. The van der Waals surface area contributed by atoms with E-state index in [0.29, 0.717) is 10.6 Å². The Morgan fingerprint density at radius 1 is 1.35 bits per heavy atom. The fourth-order valence-corrected chi connectivity index (χ4v) is 2.20. The molecule has 0 fully saturated rings. The zero-order chi connectivity index (χ0) is 14.7. The summed E-state index contributed by atoms with van der Waals surface area (Å²) < 4.78 is 0. The van der Waals surface area contributed by atoms with Crippen molar-refractivity contribution in [2.45, 2.75) is 17.0 Å². The lowest BCUT2D eigenvalue weighted by molar-refractivity contribution is -0.388. The molecule has 0 aliphatic rings. The normalized spacial score (nSPS) is 10.2. The number of nitrogens with zero attached hydrogens (tertiary/aromatic N) is 3. The van der Waals surface area contributed by atoms with Gasteiger partial charge in [-0.2, -0.15) is 0 Å². The molecule has 0 atom stereocenters. The Kier molecular flexibility index (Phi) is 3.94. The van der Waals surface area contributed by atoms with E-state index < -0.39 is 10.9 Å². The number of carboxylic acids is 1. The van der Waals surface area contributed by atoms with Crippen molar-refractivity contribution >= 4 is 23.4 Å². The lowest BCUT2D eigenvalue weighted by atomic mass is 10.3. The van der Waals surface area contributed by atoms with E-state index in [2.05, 4.69) is 9.97 Å². The molecule has 0 bridgehead atoms. The molecule has 0 amide bonds. The Morgan fingerprint density at radius 2 is 2.10 bits per heavy atom. The molecule has 0 radical (unpaired) electrons. The predicted octanol–water partition coefficient (Wildman–Crippen LogP) is 2.54. The lowest BCUT2D eigenvalue weighted by Crippen LogP contribution is -1.97. The third-order valence-corrected chi connectivity index (χ3v) is 3.31. The van der Waals surface area contributed by atoms with Crippen LogP contribution in [0.2, 0.25) is 0 Å². The smallest absolute Gasteiger partial charge is 0.337 e. The van der Waals surface area contributed by atoms with Crippen molar-refractivity contribution in [3.8, 4) is 0 Å². The second-order valence-electron chi connectivity index (χ2n) is 3.89. The van der Waals surface area contributed by atoms with Gasteiger partial charge in [0.15, 0.2) is 5.03 Å². The molecule has 8 heteroatoms. The van der Waals surface area contributed by atoms with Crippen LogP contribution in [-0.4, -0.2) is 26.0 Å². The Balaban J connectivity index is 2.30. The predicted molar refractivity (Wildman–Crippen MR) is 70.9 cm³/mol. The second-order valence-corrected chi connectivity index (χ2v) is 4.90. The van der Waals surface area contributed by atoms with Crippen molar-refractivity contribution in [3.63, 3.8) is 0 Å². The van der Waals surface area contributed by atoms with Crippen molar-refractivity contribution < 1.29 is 14.8 Å². The van der Waals surface area contributed by atoms with Gasteiger partial charge in [0, 0.05) is 18.5 Å². The molecule has 2 aromatic rings. The number of hydrogen-bond donors (Lipinski definition) is 1. The highest BCUT2D eigenvalue weighted by atomic mass is 32.2. The number of pyridine rings is 2. The molecule has 2 aromatic heterocycles. The van der Waals surface area contributed by atoms with Gasteiger partial charge in [0.05, 0.1) is 10.5 Å². The molecule has 102 valence electrons. The first-order valence-corrected chi connectivity index (χ1v) is 6.27. The molecule has 2 heterocycles. The monoisotopic (exact) mass is 291 g/mol. The van der Waals surface area contributed by atoms with Crippen LogP contribution >= 0.6 is 11.8 Å². The van der Waals surface area contributed by atoms with E-state index in [1.165, 1.54) is 30.6 Å². The first-order valence-electron chi connectivity index (χ1n) is 5.45. The van der Waals surface area contributed by atoms with Gasteiger partial charge in [0.2, 0.25) is 0 Å². The summed E-state index contributed by atoms with van der Waals surface area (Å²) in [6.45, 7) is 1.72. The van der Waals surface area contributed by atoms with E-state index >= 15 is 0 Å². The van der Waals surface area contributed by atoms with Gasteiger partial charge < -0.3 is 5.11 Å². The number of aryl methyl sites for hydroxylation is 1. The molecule has 0 unspecified atom stereocenters. The van der Waals surface area contributed by atoms with Crippen LogP contribution in [0.25, 0.3) is 0 Å². The summed E-state index contributed by atoms with van der Waals surface area (Å²) in [5.74, 6) is -1.08. The summed E-state index contributed by atoms with van der Waals surface area (Å²) in [5, 5.41) is 20.4. The SMILES string of the molecule is Cc1cnc(Sc2ccc(C(=O)O)cn2)c([N+](=O)[O-])c1. The summed E-state index contributed by atoms with van der Waals surface area (Å²) in [4.78, 5) is 29.1. The van der Waals surface area contributed by atoms with E-state index in [1.807, 2.05) is 0 Å². The first kappa shape index (κ1) is 13.9. The fourth-order valence-electron chi connectivity index (χ4n) is 1.42. The van der Waals surface area contributed by atoms with Gasteiger partial charge in [-0.3, -0.25) is 10.1 Å². The van der Waals surface area contributed by atoms with E-state index in [1.54, 1.807) is 6.92 Å². The fraction of sp³-hybridized carbons (Fsp3) is 0.0833. The first-order chi connectivity index (χ1) is 9.47. The average molecular weight is 291 g/mol. The van der Waals surface area contributed by atoms with Crippen molar-refractivity contribution in [1.29, 1.82) is 0 Å². The van der Waals surface area contributed by atoms with Crippen LogP contribution in [0.3, 0.4) is 0 Å². The van der Waals surface area contributed by atoms with Crippen LogP contribution in [0.4, 0.5) is 5.69 Å². The third kappa shape index (κ3) is 3.09. The molecule has 0 spiro atoms. The number of aromatic carboxylic acids is 1. The van der Waals surface area contributed by atoms with Crippen LogP contribution in [0.5, 0.6) is 0 Å². The Hall–Kier alpha value is -2.48. The highest BCUT2D eigenvalue weighted by Gasteiger charge is 2.17. The standard InChI is InChI=1S/C12H9N3O4S/c1-7-4-9(15(18)19)11(14-5-7)20-10-3-2-8(6-13-10)12(16)17/h2-6H,1H3,(H,16,17). The molecular formula is C12H9N3O4S. The van der Waals surface area contributed by atoms with Crippen molar-refractivity contribution in [3.05, 3.63) is 51.8 Å². The summed E-state index contributed by atoms with van der Waals surface area (Å²) in [7, 11) is 0. The highest BCUT2D eigenvalue weighted by molar-refractivity contribution is 7.99. The minimum absolute atomic E-state index is 0.0562. The van der Waals surface area contributed by atoms with Gasteiger partial charge in [0.25, 0.3) is 0 Å². The lowest BCUT2D eigenvalue weighted by Gasteiger charge is -2.02. The molecular weight excluding hydrogens is 282 g/mol. The van der Waals surface area contributed by atoms with Gasteiger partial charge in [-0.25, -0.2) is 14.8 Å². The molecule has 20 heavy (non-hydrogen) atoms. The van der Waals surface area contributed by atoms with Crippen LogP contribution in [0, 0.1) is 17.0 Å². The third-order valence-electron chi connectivity index (χ3n) is 2.35. The van der Waals surface area contributed by atoms with Crippen molar-refractivity contribution in [1.82, 2.24) is 9.97 Å². The zero-order valence-corrected chi connectivity index (χ0v) is 11.1. The Labute approximate surface area is 117 Å². The van der Waals surface area contributed by atoms with Gasteiger partial charge in [-0.15, -0.1) is 0 Å². The van der Waals surface area contributed by atoms with Crippen LogP contribution in [0.15, 0.2) is 40.6 Å². The summed E-state index contributed by atoms with van der Waals surface area (Å²) in [6, 6.07) is 4.30. The summed E-state index contributed by atoms with van der Waals surface area (Å²) >= 11 is 1.01. The van der Waals surface area contributed by atoms with Gasteiger partial charge in [-0.05, 0) is 36.4 Å². The molecule has 7 nitrogen and oxygen atoms in total. The molecule has 1 N–H and O–H groups in total. The maximum absolute atomic E-state index is 11.0. The number of carbonyl (C=O) groups is 1. The van der Waals surface area contributed by atoms with E-state index in [9.17, 15) is 14.9 Å². The van der Waals surface area contributed by atoms with E-state index in [0.717, 1.165) is 11.8 Å². The van der Waals surface area contributed by atoms with E-state index in [4.69, 9.17) is 5.11 Å². The summed E-state index contributed by atoms with van der Waals surface area (Å²) in [5.41, 5.74) is 0.648. The minimum Gasteiger partial charge on any atom is -0.478 e. The van der Waals surface area contributed by atoms with Crippen molar-refractivity contribution in [2.75, 3.05) is 0 Å². The molecule has 0 saturated heterocycles. The van der Waals surface area contributed by atoms with Gasteiger partial charge in [-0.1, -0.05) is 0 Å². The van der Waals surface area contributed by atoms with Crippen LogP contribution in [-0.2, 0) is 0 Å². The molecule has 2 rings (SSSR count). The quantitative estimate of drug-likeness (QED) is 0.681. The number of nitro groups is 1. The maximum atomic E-state index is 11.0. The largest absolute Gasteiger partial charge is 0.478 e. The molecule has 0 aromatic carbocycles. The Morgan fingerprint density at radius 3 is 2.65 bits per heavy atom. The van der Waals surface area contributed by atoms with Gasteiger partial charge in [0.1, 0.15) is 5.03 Å². The van der Waals surface area contributed by atoms with Crippen molar-refractivity contribution in [2.24, 2.45) is 0 Å². The maximum Gasteiger partial charge on any atom is 0.337 e. The number of rotatable bonds is 4. The van der Waals surface area contributed by atoms with Crippen LogP contribution < -0.4 is 0 Å². The average Bonchev–Trinajstić information content (AvgIpc) is 2.41. The van der Waals surface area contributed by atoms with Gasteiger partial charge >= 0.3 is 11.7 Å². The number of aromatic nitrogens is 2. The molecule has 0 aliphatic carbocycles. The highest BCUT2D eigenvalue weighted by Crippen LogP contribution is 2.32. The minimum atomic E-state index is -1.08.